The number of aliphatic carboxylic acids is 1. The van der Waals surface area contributed by atoms with Gasteiger partial charge in [0, 0.05) is 12.3 Å². The maximum atomic E-state index is 15.1. The topological polar surface area (TPSA) is 111 Å². The average molecular weight is 813 g/mol. The molecule has 2 amide bonds. The zero-order valence-corrected chi connectivity index (χ0v) is 32.4. The van der Waals surface area contributed by atoms with Gasteiger partial charge in [-0.15, -0.1) is 0 Å². The van der Waals surface area contributed by atoms with E-state index in [9.17, 15) is 14.4 Å². The Morgan fingerprint density at radius 3 is 2.49 bits per heavy atom. The molecule has 0 radical (unpaired) electrons. The molecule has 2 fully saturated rings. The number of carboxylic acids is 1. The normalized spacial score (nSPS) is 18.2. The van der Waals surface area contributed by atoms with Gasteiger partial charge in [-0.1, -0.05) is 17.9 Å². The van der Waals surface area contributed by atoms with Crippen LogP contribution in [0, 0.1) is 24.7 Å². The van der Waals surface area contributed by atoms with E-state index in [1.807, 2.05) is 50.2 Å². The molecule has 0 unspecified atom stereocenters. The van der Waals surface area contributed by atoms with Crippen LogP contribution in [0.15, 0.2) is 54.6 Å². The number of carboxylic acid groups (broad SMARTS) is 1. The number of hydrogen-bond donors (Lipinski definition) is 3. The molecule has 2 saturated heterocycles. The van der Waals surface area contributed by atoms with Crippen molar-refractivity contribution in [3.05, 3.63) is 76.9 Å². The number of nitrogens with one attached hydrogen (secondary N) is 2. The monoisotopic (exact) mass is 812 g/mol. The van der Waals surface area contributed by atoms with Gasteiger partial charge in [0.2, 0.25) is 0 Å². The van der Waals surface area contributed by atoms with E-state index in [1.165, 1.54) is 4.90 Å². The van der Waals surface area contributed by atoms with Crippen molar-refractivity contribution in [2.45, 2.75) is 82.4 Å². The zero-order chi connectivity index (χ0) is 36.7. The summed E-state index contributed by atoms with van der Waals surface area (Å²) >= 11 is -2.99. The Hall–Kier alpha value is -3.89. The number of benzene rings is 3. The molecular formula is C40H50FIN4O5. The van der Waals surface area contributed by atoms with Crippen molar-refractivity contribution in [3.8, 4) is 11.8 Å². The van der Waals surface area contributed by atoms with E-state index >= 15 is 2.86 Å². The third-order valence-corrected chi connectivity index (χ3v) is 13.1. The first-order valence-electron chi connectivity index (χ1n) is 17.7. The minimum atomic E-state index is -2.99. The molecule has 9 nitrogen and oxygen atoms in total. The second kappa shape index (κ2) is 17.1. The van der Waals surface area contributed by atoms with Crippen LogP contribution in [0.1, 0.15) is 92.9 Å². The van der Waals surface area contributed by atoms with Gasteiger partial charge in [-0.25, -0.2) is 0 Å². The molecule has 0 spiro atoms. The number of piperidine rings is 1. The molecule has 3 aromatic carbocycles. The fourth-order valence-electron chi connectivity index (χ4n) is 6.48. The number of fused-ring (bicyclic) bond motifs is 1. The van der Waals surface area contributed by atoms with Gasteiger partial charge < -0.3 is 10.0 Å². The van der Waals surface area contributed by atoms with Crippen molar-refractivity contribution in [3.63, 3.8) is 0 Å². The number of halogens is 2. The Morgan fingerprint density at radius 1 is 1.06 bits per heavy atom. The Labute approximate surface area is 308 Å². The number of carbonyl (C=O) groups excluding carboxylic acids is 2. The number of likely N-dealkylation sites (tertiary alicyclic amines) is 1. The molecule has 0 saturated carbocycles. The molecule has 3 aromatic rings. The first kappa shape index (κ1) is 38.3. The summed E-state index contributed by atoms with van der Waals surface area (Å²) in [6.07, 6.45) is 3.36. The van der Waals surface area contributed by atoms with Crippen LogP contribution < -0.4 is 10.6 Å². The predicted octanol–water partition coefficient (Wildman–Crippen LogP) is 8.29. The average Bonchev–Trinajstić information content (AvgIpc) is 3.45. The van der Waals surface area contributed by atoms with Crippen molar-refractivity contribution in [1.82, 2.24) is 15.1 Å². The summed E-state index contributed by atoms with van der Waals surface area (Å²) in [6, 6.07) is 17.4. The van der Waals surface area contributed by atoms with Gasteiger partial charge in [0.1, 0.15) is 0 Å². The number of hydrogen-bond acceptors (Lipinski definition) is 6. The van der Waals surface area contributed by atoms with Crippen LogP contribution in [0.5, 0.6) is 0 Å². The summed E-state index contributed by atoms with van der Waals surface area (Å²) in [6.45, 7) is 12.4. The number of carbonyl (C=O) groups is 3. The Bertz CT molecular complexity index is 1790. The molecule has 0 aromatic heterocycles. The van der Waals surface area contributed by atoms with Crippen LogP contribution in [0.2, 0.25) is 0 Å². The number of anilines is 1. The Kier molecular flexibility index (Phi) is 12.8. The molecule has 2 aliphatic rings. The number of amides is 2. The fraction of sp³-hybridized carbons (Fsp3) is 0.475. The summed E-state index contributed by atoms with van der Waals surface area (Å²) in [7, 11) is 0. The number of rotatable bonds is 10. The van der Waals surface area contributed by atoms with Crippen LogP contribution in [0.3, 0.4) is 0 Å². The molecule has 2 aliphatic heterocycles. The standard InChI is InChI=1S/C40H50FIN4O5/c1-27-13-17-31(44-36-25-46(26-42(36)41)39(50)51-40(3,4)5)24-35(27)38(49)43-28(2)32-18-16-30(33-10-6-7-11-34(32)33)15-14-29-19-22-45(23-20-29)21-9-8-12-37(47)48/h6-7,10-11,13,16-18,24,28-29,36,44H,8-9,12,19-23,25-26H2,1-5H3,(H,43,49)(H,47,48)/t28-,36+/m1/s1. The minimum absolute atomic E-state index is 0.101. The van der Waals surface area contributed by atoms with Gasteiger partial charge in [0.25, 0.3) is 0 Å². The zero-order valence-electron chi connectivity index (χ0n) is 30.2. The van der Waals surface area contributed by atoms with E-state index < -0.39 is 42.1 Å². The summed E-state index contributed by atoms with van der Waals surface area (Å²) in [4.78, 5) is 40.8. The summed E-state index contributed by atoms with van der Waals surface area (Å²) < 4.78 is 20.2. The Morgan fingerprint density at radius 2 is 1.78 bits per heavy atom. The molecule has 3 N–H and O–H groups in total. The van der Waals surface area contributed by atoms with Crippen LogP contribution >= 0.6 is 20.4 Å². The van der Waals surface area contributed by atoms with E-state index in [2.05, 4.69) is 39.5 Å². The second-order valence-electron chi connectivity index (χ2n) is 14.5. The molecule has 51 heavy (non-hydrogen) atoms. The quantitative estimate of drug-likeness (QED) is 0.0622. The summed E-state index contributed by atoms with van der Waals surface area (Å²) in [5.74, 6) is 6.34. The number of nitrogens with zero attached hydrogens (tertiary/aromatic N) is 2. The van der Waals surface area contributed by atoms with E-state index in [1.54, 1.807) is 26.8 Å². The molecule has 274 valence electrons. The van der Waals surface area contributed by atoms with E-state index in [0.717, 1.165) is 66.4 Å². The maximum absolute atomic E-state index is 15.1. The molecule has 5 rings (SSSR count). The van der Waals surface area contributed by atoms with Gasteiger partial charge in [-0.05, 0) is 45.3 Å². The number of ether oxygens (including phenoxy) is 1. The van der Waals surface area contributed by atoms with Crippen LogP contribution in [-0.4, -0.2) is 73.3 Å². The van der Waals surface area contributed by atoms with Gasteiger partial charge in [0.15, 0.2) is 0 Å². The van der Waals surface area contributed by atoms with Gasteiger partial charge in [0.05, 0.1) is 0 Å². The fourth-order valence-corrected chi connectivity index (χ4v) is 9.90. The predicted molar refractivity (Wildman–Crippen MR) is 209 cm³/mol. The van der Waals surface area contributed by atoms with Crippen molar-refractivity contribution < 1.29 is 27.1 Å². The Balaban J connectivity index is 1.21. The van der Waals surface area contributed by atoms with E-state index in [4.69, 9.17) is 9.84 Å². The van der Waals surface area contributed by atoms with Crippen molar-refractivity contribution in [1.29, 1.82) is 0 Å². The molecule has 2 atom stereocenters. The van der Waals surface area contributed by atoms with Crippen LogP contribution in [0.4, 0.5) is 13.3 Å². The molecule has 11 heteroatoms. The first-order chi connectivity index (χ1) is 24.3. The number of alkyl halides is 2. The summed E-state index contributed by atoms with van der Waals surface area (Å²) in [5, 5.41) is 17.4. The van der Waals surface area contributed by atoms with E-state index in [-0.39, 0.29) is 29.5 Å². The second-order valence-corrected chi connectivity index (χ2v) is 18.6. The molecular weight excluding hydrogens is 762 g/mol. The van der Waals surface area contributed by atoms with Crippen molar-refractivity contribution >= 4 is 54.8 Å². The number of unbranched alkanes of at least 4 members (excludes halogenated alkanes) is 1. The summed E-state index contributed by atoms with van der Waals surface area (Å²) in [5.41, 5.74) is 3.26. The molecule has 2 heterocycles. The molecule has 0 bridgehead atoms. The third-order valence-electron chi connectivity index (χ3n) is 9.27. The SMILES string of the molecule is Cc1ccc(N[C@H]2CN(C(=O)OC(C)(C)C)CI2F)cc1C(=O)N[C@H](C)c1ccc(C#CC2CCN(CCCCC(=O)O)CC2)c2ccccc12. The molecule has 0 aliphatic carbocycles. The van der Waals surface area contributed by atoms with Gasteiger partial charge in [-0.3, -0.25) is 4.79 Å². The third kappa shape index (κ3) is 10.6. The van der Waals surface area contributed by atoms with Crippen molar-refractivity contribution in [2.24, 2.45) is 5.92 Å². The first-order valence-corrected chi connectivity index (χ1v) is 21.3. The van der Waals surface area contributed by atoms with E-state index in [0.29, 0.717) is 23.6 Å². The van der Waals surface area contributed by atoms with Crippen molar-refractivity contribution in [2.75, 3.05) is 36.0 Å². The van der Waals surface area contributed by atoms with Crippen LogP contribution in [-0.2, 0) is 9.53 Å². The van der Waals surface area contributed by atoms with Gasteiger partial charge in [-0.2, -0.15) is 0 Å². The number of aryl methyl sites for hydroxylation is 1. The van der Waals surface area contributed by atoms with Gasteiger partial charge >= 0.3 is 220 Å². The van der Waals surface area contributed by atoms with Crippen LogP contribution in [0.25, 0.3) is 10.8 Å².